The summed E-state index contributed by atoms with van der Waals surface area (Å²) in [6.07, 6.45) is 0. The van der Waals surface area contributed by atoms with E-state index in [2.05, 4.69) is 47.6 Å². The molecule has 0 saturated heterocycles. The summed E-state index contributed by atoms with van der Waals surface area (Å²) in [6.45, 7) is 1.72. The van der Waals surface area contributed by atoms with Gasteiger partial charge in [-0.15, -0.1) is 11.3 Å². The van der Waals surface area contributed by atoms with Crippen molar-refractivity contribution in [3.05, 3.63) is 54.6 Å². The quantitative estimate of drug-likeness (QED) is 0.632. The first-order valence-electron chi connectivity index (χ1n) is 6.78. The molecular formula is C14H11Br2N5O2S. The van der Waals surface area contributed by atoms with Gasteiger partial charge in [0.2, 0.25) is 5.91 Å². The lowest BCUT2D eigenvalue weighted by Crippen LogP contribution is -2.29. The number of anilines is 1. The lowest BCUT2D eigenvalue weighted by atomic mass is 10.2. The maximum atomic E-state index is 12.2. The highest BCUT2D eigenvalue weighted by atomic mass is 79.9. The Kier molecular flexibility index (Phi) is 4.97. The van der Waals surface area contributed by atoms with Gasteiger partial charge in [-0.3, -0.25) is 4.79 Å². The van der Waals surface area contributed by atoms with Crippen LogP contribution in [0.2, 0.25) is 0 Å². The number of thiophene rings is 1. The van der Waals surface area contributed by atoms with Gasteiger partial charge in [0.1, 0.15) is 11.5 Å². The molecule has 0 aliphatic carbocycles. The van der Waals surface area contributed by atoms with E-state index in [-0.39, 0.29) is 12.5 Å². The van der Waals surface area contributed by atoms with Crippen LogP contribution in [-0.2, 0) is 11.3 Å². The fourth-order valence-corrected chi connectivity index (χ4v) is 4.32. The number of nitrogens with one attached hydrogen (secondary N) is 1. The number of aromatic nitrogens is 4. The molecular weight excluding hydrogens is 462 g/mol. The molecule has 0 atom stereocenters. The molecule has 0 aliphatic heterocycles. The van der Waals surface area contributed by atoms with Gasteiger partial charge in [0.05, 0.1) is 5.69 Å². The van der Waals surface area contributed by atoms with E-state index in [1.165, 1.54) is 11.3 Å². The first kappa shape index (κ1) is 17.1. The molecule has 3 rings (SSSR count). The molecule has 24 heavy (non-hydrogen) atoms. The van der Waals surface area contributed by atoms with Crippen LogP contribution in [0.1, 0.15) is 5.56 Å². The van der Waals surface area contributed by atoms with Gasteiger partial charge in [-0.1, -0.05) is 0 Å². The van der Waals surface area contributed by atoms with Crippen LogP contribution in [-0.4, -0.2) is 25.7 Å². The van der Waals surface area contributed by atoms with Gasteiger partial charge >= 0.3 is 5.69 Å². The second kappa shape index (κ2) is 6.99. The van der Waals surface area contributed by atoms with Gasteiger partial charge in [-0.05, 0) is 84.4 Å². The zero-order chi connectivity index (χ0) is 17.3. The summed E-state index contributed by atoms with van der Waals surface area (Å²) in [5.41, 5.74) is 1.18. The Morgan fingerprint density at radius 2 is 2.00 bits per heavy atom. The Bertz CT molecular complexity index is 925. The number of aryl methyl sites for hydroxylation is 1. The molecule has 1 N–H and O–H groups in total. The average Bonchev–Trinajstić information content (AvgIpc) is 3.14. The average molecular weight is 473 g/mol. The molecule has 0 fully saturated rings. The minimum absolute atomic E-state index is 0.225. The van der Waals surface area contributed by atoms with Gasteiger partial charge in [0.15, 0.2) is 0 Å². The fraction of sp³-hybridized carbons (Fsp3) is 0.143. The molecule has 2 aromatic heterocycles. The van der Waals surface area contributed by atoms with Crippen molar-refractivity contribution in [1.82, 2.24) is 19.8 Å². The molecule has 0 saturated carbocycles. The van der Waals surface area contributed by atoms with Gasteiger partial charge in [-0.2, -0.15) is 9.36 Å². The maximum Gasteiger partial charge on any atom is 0.369 e. The second-order valence-corrected chi connectivity index (χ2v) is 7.57. The first-order chi connectivity index (χ1) is 11.5. The predicted molar refractivity (Wildman–Crippen MR) is 98.7 cm³/mol. The van der Waals surface area contributed by atoms with E-state index < -0.39 is 5.69 Å². The zero-order valence-electron chi connectivity index (χ0n) is 12.4. The molecule has 0 spiro atoms. The first-order valence-corrected chi connectivity index (χ1v) is 9.24. The summed E-state index contributed by atoms with van der Waals surface area (Å²) < 4.78 is 3.68. The Hall–Kier alpha value is -1.78. The largest absolute Gasteiger partial charge is 0.369 e. The third-order valence-corrected chi connectivity index (χ3v) is 5.19. The lowest BCUT2D eigenvalue weighted by Gasteiger charge is -2.10. The normalized spacial score (nSPS) is 10.8. The van der Waals surface area contributed by atoms with Gasteiger partial charge in [-0.25, -0.2) is 4.79 Å². The summed E-state index contributed by atoms with van der Waals surface area (Å²) in [4.78, 5) is 24.5. The summed E-state index contributed by atoms with van der Waals surface area (Å²) in [7, 11) is 0. The topological polar surface area (TPSA) is 81.8 Å². The number of rotatable bonds is 4. The van der Waals surface area contributed by atoms with E-state index in [9.17, 15) is 9.59 Å². The number of amides is 1. The number of hydrogen-bond donors (Lipinski definition) is 1. The van der Waals surface area contributed by atoms with E-state index in [1.807, 2.05) is 30.5 Å². The second-order valence-electron chi connectivity index (χ2n) is 4.93. The standard InChI is InChI=1S/C14H11Br2N5O2S/c1-8-5-9(15)13(10(16)6-8)17-11(22)7-20-14(23)21(19-18-20)12-3-2-4-24-12/h2-6H,7H2,1H3,(H,17,22). The summed E-state index contributed by atoms with van der Waals surface area (Å²) in [5, 5.41) is 12.8. The molecule has 3 aromatic rings. The Morgan fingerprint density at radius 3 is 2.62 bits per heavy atom. The van der Waals surface area contributed by atoms with E-state index in [1.54, 1.807) is 6.07 Å². The maximum absolute atomic E-state index is 12.2. The molecule has 2 heterocycles. The molecule has 7 nitrogen and oxygen atoms in total. The van der Waals surface area contributed by atoms with Crippen LogP contribution < -0.4 is 11.0 Å². The molecule has 1 amide bonds. The molecule has 0 radical (unpaired) electrons. The smallest absolute Gasteiger partial charge is 0.323 e. The number of carbonyl (C=O) groups is 1. The molecule has 10 heteroatoms. The van der Waals surface area contributed by atoms with Crippen molar-refractivity contribution in [2.45, 2.75) is 13.5 Å². The predicted octanol–water partition coefficient (Wildman–Crippen LogP) is 2.96. The van der Waals surface area contributed by atoms with Gasteiger partial charge in [0.25, 0.3) is 0 Å². The van der Waals surface area contributed by atoms with Crippen LogP contribution in [0.15, 0.2) is 43.4 Å². The third kappa shape index (κ3) is 3.50. The fourth-order valence-electron chi connectivity index (χ4n) is 2.04. The number of nitrogens with zero attached hydrogens (tertiary/aromatic N) is 4. The number of tetrazole rings is 1. The van der Waals surface area contributed by atoms with Gasteiger partial charge < -0.3 is 5.32 Å². The molecule has 0 unspecified atom stereocenters. The number of benzene rings is 1. The van der Waals surface area contributed by atoms with Crippen molar-refractivity contribution in [3.8, 4) is 5.00 Å². The molecule has 0 aliphatic rings. The highest BCUT2D eigenvalue weighted by Gasteiger charge is 2.15. The monoisotopic (exact) mass is 471 g/mol. The van der Waals surface area contributed by atoms with Crippen molar-refractivity contribution in [3.63, 3.8) is 0 Å². The van der Waals surface area contributed by atoms with E-state index in [0.29, 0.717) is 10.7 Å². The highest BCUT2D eigenvalue weighted by molar-refractivity contribution is 9.11. The SMILES string of the molecule is Cc1cc(Br)c(NC(=O)Cn2nnn(-c3cccs3)c2=O)c(Br)c1. The summed E-state index contributed by atoms with van der Waals surface area (Å²) in [6, 6.07) is 7.34. The number of carbonyl (C=O) groups excluding carboxylic acids is 1. The zero-order valence-corrected chi connectivity index (χ0v) is 16.4. The van der Waals surface area contributed by atoms with Crippen LogP contribution >= 0.6 is 43.2 Å². The van der Waals surface area contributed by atoms with Crippen molar-refractivity contribution in [2.75, 3.05) is 5.32 Å². The Balaban J connectivity index is 1.78. The van der Waals surface area contributed by atoms with Crippen molar-refractivity contribution < 1.29 is 4.79 Å². The number of halogens is 2. The Labute approximate surface area is 157 Å². The van der Waals surface area contributed by atoms with E-state index in [0.717, 1.165) is 23.9 Å². The van der Waals surface area contributed by atoms with Crippen molar-refractivity contribution in [2.24, 2.45) is 0 Å². The summed E-state index contributed by atoms with van der Waals surface area (Å²) >= 11 is 8.19. The van der Waals surface area contributed by atoms with Crippen LogP contribution in [0.4, 0.5) is 5.69 Å². The minimum Gasteiger partial charge on any atom is -0.323 e. The van der Waals surface area contributed by atoms with E-state index >= 15 is 0 Å². The van der Waals surface area contributed by atoms with Crippen molar-refractivity contribution in [1.29, 1.82) is 0 Å². The minimum atomic E-state index is -0.463. The number of hydrogen-bond acceptors (Lipinski definition) is 5. The van der Waals surface area contributed by atoms with Crippen LogP contribution in [0.25, 0.3) is 5.00 Å². The lowest BCUT2D eigenvalue weighted by molar-refractivity contribution is -0.117. The van der Waals surface area contributed by atoms with Crippen molar-refractivity contribution >= 4 is 54.8 Å². The molecule has 124 valence electrons. The summed E-state index contributed by atoms with van der Waals surface area (Å²) in [5.74, 6) is -0.374. The molecule has 1 aromatic carbocycles. The van der Waals surface area contributed by atoms with Crippen LogP contribution in [0.3, 0.4) is 0 Å². The highest BCUT2D eigenvalue weighted by Crippen LogP contribution is 2.32. The van der Waals surface area contributed by atoms with Gasteiger partial charge in [0, 0.05) is 8.95 Å². The third-order valence-electron chi connectivity index (χ3n) is 3.10. The molecule has 0 bridgehead atoms. The Morgan fingerprint density at radius 1 is 1.29 bits per heavy atom. The van der Waals surface area contributed by atoms with Crippen LogP contribution in [0.5, 0.6) is 0 Å². The van der Waals surface area contributed by atoms with Crippen LogP contribution in [0, 0.1) is 6.92 Å². The van der Waals surface area contributed by atoms with E-state index in [4.69, 9.17) is 0 Å².